The topological polar surface area (TPSA) is 63.6 Å². The van der Waals surface area contributed by atoms with Gasteiger partial charge in [-0.3, -0.25) is 9.59 Å². The Morgan fingerprint density at radius 1 is 1.20 bits per heavy atom. The summed E-state index contributed by atoms with van der Waals surface area (Å²) >= 11 is 7.03. The number of piperidine rings is 1. The van der Waals surface area contributed by atoms with Crippen LogP contribution < -0.4 is 15.6 Å². The van der Waals surface area contributed by atoms with E-state index in [1.54, 1.807) is 6.07 Å². The van der Waals surface area contributed by atoms with Gasteiger partial charge in [-0.05, 0) is 49.6 Å². The number of nitrogens with one attached hydrogen (secondary N) is 1. The Morgan fingerprint density at radius 3 is 2.77 bits per heavy atom. The van der Waals surface area contributed by atoms with Crippen LogP contribution in [0, 0.1) is 5.92 Å². The number of rotatable bonds is 5. The molecule has 1 aromatic carbocycles. The molecule has 6 nitrogen and oxygen atoms in total. The molecule has 1 fully saturated rings. The second-order valence-electron chi connectivity index (χ2n) is 7.66. The number of pyridine rings is 1. The average molecular weight is 444 g/mol. The second-order valence-corrected chi connectivity index (χ2v) is 9.27. The molecule has 4 rings (SSSR count). The van der Waals surface area contributed by atoms with Crippen molar-refractivity contribution in [2.45, 2.75) is 25.8 Å². The Bertz CT molecular complexity index is 990. The summed E-state index contributed by atoms with van der Waals surface area (Å²) in [5.74, 6) is 1.69. The van der Waals surface area contributed by atoms with E-state index in [-0.39, 0.29) is 17.2 Å². The van der Waals surface area contributed by atoms with Gasteiger partial charge in [0, 0.05) is 43.0 Å². The maximum Gasteiger partial charge on any atom is 0.250 e. The van der Waals surface area contributed by atoms with Gasteiger partial charge in [-0.25, -0.2) is 0 Å². The molecule has 2 aliphatic rings. The van der Waals surface area contributed by atoms with E-state index in [1.165, 1.54) is 11.8 Å². The first kappa shape index (κ1) is 20.9. The van der Waals surface area contributed by atoms with Gasteiger partial charge >= 0.3 is 0 Å². The SMILES string of the molecule is CCOc1ccc(NC(=O)CSC(=S)N2C[C@H]3C[C@@H](C2)c2cccc(=O)n2C3)cc1. The predicted octanol–water partition coefficient (Wildman–Crippen LogP) is 3.32. The van der Waals surface area contributed by atoms with Crippen molar-refractivity contribution in [2.24, 2.45) is 5.92 Å². The molecule has 0 unspecified atom stereocenters. The summed E-state index contributed by atoms with van der Waals surface area (Å²) in [6.07, 6.45) is 1.09. The van der Waals surface area contributed by atoms with E-state index < -0.39 is 0 Å². The number of anilines is 1. The zero-order valence-electron chi connectivity index (χ0n) is 16.9. The summed E-state index contributed by atoms with van der Waals surface area (Å²) in [6, 6.07) is 12.9. The quantitative estimate of drug-likeness (QED) is 0.716. The third kappa shape index (κ3) is 4.70. The molecule has 1 amide bonds. The summed E-state index contributed by atoms with van der Waals surface area (Å²) in [5, 5.41) is 2.90. The Hall–Kier alpha value is -2.32. The fraction of sp³-hybridized carbons (Fsp3) is 0.409. The molecule has 1 saturated heterocycles. The average Bonchev–Trinajstić information content (AvgIpc) is 2.74. The minimum Gasteiger partial charge on any atom is -0.494 e. The molecular formula is C22H25N3O3S2. The summed E-state index contributed by atoms with van der Waals surface area (Å²) in [7, 11) is 0. The number of amides is 1. The maximum atomic E-state index is 12.3. The standard InChI is InChI=1S/C22H25N3O3S2/c1-2-28-18-8-6-17(7-9-18)23-20(26)14-30-22(29)24-11-15-10-16(13-24)19-4-3-5-21(27)25(19)12-15/h3-9,15-16H,2,10-14H2,1H3,(H,23,26)/t15-,16+/m1/s1. The predicted molar refractivity (Wildman–Crippen MR) is 124 cm³/mol. The third-order valence-electron chi connectivity index (χ3n) is 5.51. The first-order chi connectivity index (χ1) is 14.5. The lowest BCUT2D eigenvalue weighted by Gasteiger charge is -2.43. The number of nitrogens with zero attached hydrogens (tertiary/aromatic N) is 2. The number of fused-ring (bicyclic) bond motifs is 4. The number of thioether (sulfide) groups is 1. The number of hydrogen-bond acceptors (Lipinski definition) is 5. The lowest BCUT2D eigenvalue weighted by atomic mass is 9.83. The molecule has 2 aliphatic heterocycles. The van der Waals surface area contributed by atoms with Crippen molar-refractivity contribution in [1.82, 2.24) is 9.47 Å². The van der Waals surface area contributed by atoms with Crippen LogP contribution in [0.2, 0.25) is 0 Å². The van der Waals surface area contributed by atoms with Crippen molar-refractivity contribution in [3.05, 3.63) is 58.5 Å². The van der Waals surface area contributed by atoms with Gasteiger partial charge in [-0.1, -0.05) is 30.0 Å². The van der Waals surface area contributed by atoms with Crippen LogP contribution >= 0.6 is 24.0 Å². The maximum absolute atomic E-state index is 12.3. The van der Waals surface area contributed by atoms with Gasteiger partial charge in [0.2, 0.25) is 5.91 Å². The van der Waals surface area contributed by atoms with Crippen LogP contribution in [0.3, 0.4) is 0 Å². The van der Waals surface area contributed by atoms with Crippen LogP contribution in [0.5, 0.6) is 5.75 Å². The number of benzene rings is 1. The monoisotopic (exact) mass is 443 g/mol. The first-order valence-corrected chi connectivity index (χ1v) is 11.6. The summed E-state index contributed by atoms with van der Waals surface area (Å²) in [4.78, 5) is 26.7. The van der Waals surface area contributed by atoms with E-state index >= 15 is 0 Å². The van der Waals surface area contributed by atoms with Gasteiger partial charge in [-0.2, -0.15) is 0 Å². The Morgan fingerprint density at radius 2 is 2.00 bits per heavy atom. The van der Waals surface area contributed by atoms with Crippen molar-refractivity contribution in [3.63, 3.8) is 0 Å². The molecule has 2 aromatic rings. The molecule has 1 N–H and O–H groups in total. The van der Waals surface area contributed by atoms with E-state index in [9.17, 15) is 9.59 Å². The smallest absolute Gasteiger partial charge is 0.250 e. The third-order valence-corrected chi connectivity index (χ3v) is 7.04. The van der Waals surface area contributed by atoms with Crippen molar-refractivity contribution in [2.75, 3.05) is 30.8 Å². The number of ether oxygens (including phenoxy) is 1. The molecule has 3 heterocycles. The minimum absolute atomic E-state index is 0.0820. The highest BCUT2D eigenvalue weighted by atomic mass is 32.2. The molecule has 0 aliphatic carbocycles. The van der Waals surface area contributed by atoms with E-state index in [1.807, 2.05) is 47.9 Å². The van der Waals surface area contributed by atoms with Crippen molar-refractivity contribution < 1.29 is 9.53 Å². The van der Waals surface area contributed by atoms with Crippen LogP contribution in [0.1, 0.15) is 25.0 Å². The Labute approximate surface area is 185 Å². The van der Waals surface area contributed by atoms with Crippen LogP contribution in [-0.2, 0) is 11.3 Å². The molecule has 8 heteroatoms. The molecule has 1 aromatic heterocycles. The fourth-order valence-corrected chi connectivity index (χ4v) is 5.25. The highest BCUT2D eigenvalue weighted by Gasteiger charge is 2.35. The van der Waals surface area contributed by atoms with Crippen molar-refractivity contribution >= 4 is 39.9 Å². The second kappa shape index (κ2) is 9.22. The van der Waals surface area contributed by atoms with E-state index in [0.717, 1.165) is 47.5 Å². The summed E-state index contributed by atoms with van der Waals surface area (Å²) < 4.78 is 8.08. The largest absolute Gasteiger partial charge is 0.494 e. The lowest BCUT2D eigenvalue weighted by molar-refractivity contribution is -0.113. The van der Waals surface area contributed by atoms with Gasteiger partial charge in [-0.15, -0.1) is 0 Å². The zero-order chi connectivity index (χ0) is 21.1. The summed E-state index contributed by atoms with van der Waals surface area (Å²) in [5.41, 5.74) is 1.92. The first-order valence-electron chi connectivity index (χ1n) is 10.2. The van der Waals surface area contributed by atoms with E-state index in [0.29, 0.717) is 18.4 Å². The van der Waals surface area contributed by atoms with Gasteiger partial charge in [0.25, 0.3) is 5.56 Å². The highest BCUT2D eigenvalue weighted by molar-refractivity contribution is 8.23. The fourth-order valence-electron chi connectivity index (χ4n) is 4.26. The minimum atomic E-state index is -0.0828. The van der Waals surface area contributed by atoms with Gasteiger partial charge in [0.1, 0.15) is 10.1 Å². The number of aromatic nitrogens is 1. The van der Waals surface area contributed by atoms with Crippen molar-refractivity contribution in [1.29, 1.82) is 0 Å². The Kier molecular flexibility index (Phi) is 6.43. The molecule has 30 heavy (non-hydrogen) atoms. The van der Waals surface area contributed by atoms with Gasteiger partial charge < -0.3 is 19.5 Å². The Balaban J connectivity index is 1.30. The highest BCUT2D eigenvalue weighted by Crippen LogP contribution is 2.36. The molecule has 2 bridgehead atoms. The van der Waals surface area contributed by atoms with Gasteiger partial charge in [0.15, 0.2) is 0 Å². The number of thiocarbonyl (C=S) groups is 1. The van der Waals surface area contributed by atoms with Crippen LogP contribution in [0.15, 0.2) is 47.3 Å². The number of carbonyl (C=O) groups excluding carboxylic acids is 1. The molecule has 2 atom stereocenters. The van der Waals surface area contributed by atoms with E-state index in [2.05, 4.69) is 10.2 Å². The van der Waals surface area contributed by atoms with Crippen LogP contribution in [0.25, 0.3) is 0 Å². The van der Waals surface area contributed by atoms with Crippen molar-refractivity contribution in [3.8, 4) is 5.75 Å². The zero-order valence-corrected chi connectivity index (χ0v) is 18.5. The van der Waals surface area contributed by atoms with Crippen LogP contribution in [0.4, 0.5) is 5.69 Å². The molecular weight excluding hydrogens is 418 g/mol. The molecule has 0 radical (unpaired) electrons. The molecule has 158 valence electrons. The normalized spacial score (nSPS) is 19.7. The van der Waals surface area contributed by atoms with E-state index in [4.69, 9.17) is 17.0 Å². The van der Waals surface area contributed by atoms with Crippen LogP contribution in [-0.4, -0.2) is 45.1 Å². The molecule has 0 saturated carbocycles. The summed E-state index contributed by atoms with van der Waals surface area (Å²) in [6.45, 7) is 4.92. The van der Waals surface area contributed by atoms with Gasteiger partial charge in [0.05, 0.1) is 12.4 Å². The number of carbonyl (C=O) groups is 1. The number of hydrogen-bond donors (Lipinski definition) is 1. The number of likely N-dealkylation sites (tertiary alicyclic amines) is 1. The lowest BCUT2D eigenvalue weighted by Crippen LogP contribution is -2.48. The molecule has 0 spiro atoms.